The maximum absolute atomic E-state index is 12.3. The molecule has 2 N–H and O–H groups in total. The first kappa shape index (κ1) is 17.0. The molecule has 0 spiro atoms. The smallest absolute Gasteiger partial charge is 0.326 e. The van der Waals surface area contributed by atoms with Crippen LogP contribution in [0.1, 0.15) is 29.9 Å². The summed E-state index contributed by atoms with van der Waals surface area (Å²) >= 11 is 0. The highest BCUT2D eigenvalue weighted by molar-refractivity contribution is 5.92. The first-order chi connectivity index (χ1) is 11.2. The molecule has 0 atom stereocenters. The van der Waals surface area contributed by atoms with Gasteiger partial charge in [-0.3, -0.25) is 9.36 Å². The van der Waals surface area contributed by atoms with Crippen LogP contribution in [0.3, 0.4) is 0 Å². The molecule has 6 nitrogen and oxygen atoms in total. The Bertz CT molecular complexity index is 671. The van der Waals surface area contributed by atoms with Crippen LogP contribution in [0.5, 0.6) is 0 Å². The molecule has 0 aliphatic carbocycles. The highest BCUT2D eigenvalue weighted by Crippen LogP contribution is 2.03. The number of nitrogens with one attached hydrogen (secondary N) is 2. The van der Waals surface area contributed by atoms with Crippen molar-refractivity contribution >= 4 is 5.91 Å². The van der Waals surface area contributed by atoms with Crippen LogP contribution in [0.25, 0.3) is 0 Å². The lowest BCUT2D eigenvalue weighted by molar-refractivity contribution is 0.0939. The Balaban J connectivity index is 2.02. The summed E-state index contributed by atoms with van der Waals surface area (Å²) in [6.07, 6.45) is 1.47. The maximum Gasteiger partial charge on any atom is 0.326 e. The van der Waals surface area contributed by atoms with E-state index >= 15 is 0 Å². The molecular weight excluding hydrogens is 292 g/mol. The summed E-state index contributed by atoms with van der Waals surface area (Å²) in [4.78, 5) is 29.1. The minimum Gasteiger partial charge on any atom is -0.349 e. The molecule has 0 saturated heterocycles. The number of nitrogens with zero attached hydrogens (tertiary/aromatic N) is 2. The zero-order valence-electron chi connectivity index (χ0n) is 13.7. The second kappa shape index (κ2) is 8.33. The second-order valence-electron chi connectivity index (χ2n) is 5.33. The van der Waals surface area contributed by atoms with Crippen molar-refractivity contribution in [1.29, 1.82) is 0 Å². The van der Waals surface area contributed by atoms with Crippen LogP contribution in [-0.4, -0.2) is 46.5 Å². The van der Waals surface area contributed by atoms with Crippen molar-refractivity contribution in [3.63, 3.8) is 0 Å². The van der Waals surface area contributed by atoms with E-state index in [2.05, 4.69) is 29.0 Å². The quantitative estimate of drug-likeness (QED) is 0.771. The highest BCUT2D eigenvalue weighted by atomic mass is 16.2. The third kappa shape index (κ3) is 4.56. The van der Waals surface area contributed by atoms with Gasteiger partial charge in [0, 0.05) is 19.3 Å². The minimum absolute atomic E-state index is 0.230. The number of carbonyl (C=O) groups excluding carboxylic acids is 1. The van der Waals surface area contributed by atoms with E-state index < -0.39 is 0 Å². The summed E-state index contributed by atoms with van der Waals surface area (Å²) in [5.41, 5.74) is 1.06. The van der Waals surface area contributed by atoms with E-state index in [-0.39, 0.29) is 11.6 Å². The molecule has 1 aromatic carbocycles. The van der Waals surface area contributed by atoms with Gasteiger partial charge in [-0.1, -0.05) is 44.2 Å². The van der Waals surface area contributed by atoms with Gasteiger partial charge in [-0.05, 0) is 18.7 Å². The standard InChI is InChI=1S/C17H24N4O2/c1-3-20(4-2)11-10-18-16(22)15-12-19-17(23)21(15)13-14-8-6-5-7-9-14/h5-9,12H,3-4,10-11,13H2,1-2H3,(H,18,22)(H,19,23). The number of hydrogen-bond acceptors (Lipinski definition) is 3. The number of imidazole rings is 1. The van der Waals surface area contributed by atoms with Gasteiger partial charge >= 0.3 is 5.69 Å². The fraction of sp³-hybridized carbons (Fsp3) is 0.412. The maximum atomic E-state index is 12.3. The van der Waals surface area contributed by atoms with Gasteiger partial charge in [-0.15, -0.1) is 0 Å². The molecular formula is C17H24N4O2. The van der Waals surface area contributed by atoms with E-state index in [9.17, 15) is 9.59 Å². The Kier molecular flexibility index (Phi) is 6.17. The molecule has 2 aromatic rings. The Morgan fingerprint density at radius 3 is 2.57 bits per heavy atom. The fourth-order valence-electron chi connectivity index (χ4n) is 2.46. The van der Waals surface area contributed by atoms with Crippen LogP contribution in [0.4, 0.5) is 0 Å². The molecule has 1 aromatic heterocycles. The SMILES string of the molecule is CCN(CC)CCNC(=O)c1c[nH]c(=O)n1Cc1ccccc1. The molecule has 1 heterocycles. The summed E-state index contributed by atoms with van der Waals surface area (Å²) in [6.45, 7) is 7.83. The summed E-state index contributed by atoms with van der Waals surface area (Å²) < 4.78 is 1.46. The molecule has 2 rings (SSSR count). The van der Waals surface area contributed by atoms with Crippen LogP contribution in [0.15, 0.2) is 41.3 Å². The number of hydrogen-bond donors (Lipinski definition) is 2. The van der Waals surface area contributed by atoms with Crippen molar-refractivity contribution in [2.45, 2.75) is 20.4 Å². The predicted octanol–water partition coefficient (Wildman–Crippen LogP) is 1.30. The lowest BCUT2D eigenvalue weighted by Gasteiger charge is -2.18. The molecule has 1 amide bonds. The van der Waals surface area contributed by atoms with Crippen molar-refractivity contribution < 1.29 is 4.79 Å². The van der Waals surface area contributed by atoms with Crippen LogP contribution in [0.2, 0.25) is 0 Å². The molecule has 124 valence electrons. The third-order valence-electron chi connectivity index (χ3n) is 3.89. The van der Waals surface area contributed by atoms with Crippen LogP contribution in [-0.2, 0) is 6.54 Å². The summed E-state index contributed by atoms with van der Waals surface area (Å²) in [5, 5.41) is 2.88. The van der Waals surface area contributed by atoms with E-state index in [0.717, 1.165) is 25.2 Å². The van der Waals surface area contributed by atoms with E-state index in [1.807, 2.05) is 30.3 Å². The molecule has 0 aliphatic heterocycles. The van der Waals surface area contributed by atoms with Crippen LogP contribution < -0.4 is 11.0 Å². The normalized spacial score (nSPS) is 10.9. The number of aromatic nitrogens is 2. The number of amides is 1. The van der Waals surface area contributed by atoms with Gasteiger partial charge in [-0.2, -0.15) is 0 Å². The minimum atomic E-state index is -0.275. The first-order valence-corrected chi connectivity index (χ1v) is 7.98. The zero-order valence-corrected chi connectivity index (χ0v) is 13.7. The van der Waals surface area contributed by atoms with E-state index in [4.69, 9.17) is 0 Å². The van der Waals surface area contributed by atoms with Crippen LogP contribution >= 0.6 is 0 Å². The Hall–Kier alpha value is -2.34. The van der Waals surface area contributed by atoms with Gasteiger partial charge in [0.1, 0.15) is 5.69 Å². The summed E-state index contributed by atoms with van der Waals surface area (Å²) in [7, 11) is 0. The number of rotatable bonds is 8. The third-order valence-corrected chi connectivity index (χ3v) is 3.89. The van der Waals surface area contributed by atoms with Crippen LogP contribution in [0, 0.1) is 0 Å². The van der Waals surface area contributed by atoms with Gasteiger partial charge in [-0.25, -0.2) is 4.79 Å². The van der Waals surface area contributed by atoms with Crippen molar-refractivity contribution in [1.82, 2.24) is 19.8 Å². The number of H-pyrrole nitrogens is 1. The summed E-state index contributed by atoms with van der Waals surface area (Å²) in [6, 6.07) is 9.61. The molecule has 23 heavy (non-hydrogen) atoms. The van der Waals surface area contributed by atoms with Crippen molar-refractivity contribution in [3.05, 3.63) is 58.3 Å². The molecule has 0 saturated carbocycles. The first-order valence-electron chi connectivity index (χ1n) is 7.98. The van der Waals surface area contributed by atoms with Gasteiger partial charge in [0.25, 0.3) is 5.91 Å². The number of carbonyl (C=O) groups is 1. The molecule has 0 aliphatic rings. The molecule has 6 heteroatoms. The Morgan fingerprint density at radius 2 is 1.91 bits per heavy atom. The topological polar surface area (TPSA) is 70.1 Å². The monoisotopic (exact) mass is 316 g/mol. The lowest BCUT2D eigenvalue weighted by Crippen LogP contribution is -2.36. The Morgan fingerprint density at radius 1 is 1.22 bits per heavy atom. The predicted molar refractivity (Wildman–Crippen MR) is 90.7 cm³/mol. The van der Waals surface area contributed by atoms with Gasteiger partial charge in [0.2, 0.25) is 0 Å². The van der Waals surface area contributed by atoms with Crippen molar-refractivity contribution in [3.8, 4) is 0 Å². The molecule has 0 unspecified atom stereocenters. The molecule has 0 radical (unpaired) electrons. The zero-order chi connectivity index (χ0) is 16.7. The Labute approximate surface area is 136 Å². The van der Waals surface area contributed by atoms with E-state index in [0.29, 0.717) is 18.8 Å². The number of benzene rings is 1. The summed E-state index contributed by atoms with van der Waals surface area (Å²) in [5.74, 6) is -0.230. The molecule has 0 fully saturated rings. The second-order valence-corrected chi connectivity index (χ2v) is 5.33. The largest absolute Gasteiger partial charge is 0.349 e. The average molecular weight is 316 g/mol. The number of aromatic amines is 1. The van der Waals surface area contributed by atoms with Gasteiger partial charge in [0.15, 0.2) is 0 Å². The average Bonchev–Trinajstić information content (AvgIpc) is 2.93. The fourth-order valence-corrected chi connectivity index (χ4v) is 2.46. The number of likely N-dealkylation sites (N-methyl/N-ethyl adjacent to an activating group) is 1. The molecule has 0 bridgehead atoms. The van der Waals surface area contributed by atoms with E-state index in [1.54, 1.807) is 0 Å². The van der Waals surface area contributed by atoms with Gasteiger partial charge < -0.3 is 15.2 Å². The van der Waals surface area contributed by atoms with Gasteiger partial charge in [0.05, 0.1) is 6.54 Å². The van der Waals surface area contributed by atoms with Crippen molar-refractivity contribution in [2.24, 2.45) is 0 Å². The van der Waals surface area contributed by atoms with E-state index in [1.165, 1.54) is 10.8 Å². The highest BCUT2D eigenvalue weighted by Gasteiger charge is 2.14. The van der Waals surface area contributed by atoms with Crippen molar-refractivity contribution in [2.75, 3.05) is 26.2 Å². The lowest BCUT2D eigenvalue weighted by atomic mass is 10.2.